The molecular formula is C12H11N3O. The Morgan fingerprint density at radius 2 is 2.12 bits per heavy atom. The van der Waals surface area contributed by atoms with Gasteiger partial charge >= 0.3 is 0 Å². The summed E-state index contributed by atoms with van der Waals surface area (Å²) in [4.78, 5) is 12.0. The number of hydrogen-bond acceptors (Lipinski definition) is 3. The summed E-state index contributed by atoms with van der Waals surface area (Å²) >= 11 is 0. The molecule has 0 fully saturated rings. The van der Waals surface area contributed by atoms with Gasteiger partial charge in [0.15, 0.2) is 0 Å². The highest BCUT2D eigenvalue weighted by Gasteiger charge is 2.04. The maximum absolute atomic E-state index is 5.07. The first kappa shape index (κ1) is 9.33. The molecule has 1 aromatic carbocycles. The maximum Gasteiger partial charge on any atom is 0.0930 e. The molecule has 3 N–H and O–H groups in total. The molecule has 0 unspecified atom stereocenters. The molecule has 16 heavy (non-hydrogen) atoms. The Bertz CT molecular complexity index is 645. The third-order valence-corrected chi connectivity index (χ3v) is 2.71. The van der Waals surface area contributed by atoms with Gasteiger partial charge in [-0.3, -0.25) is 9.82 Å². The molecule has 0 amide bonds. The molecule has 0 atom stereocenters. The van der Waals surface area contributed by atoms with Crippen molar-refractivity contribution in [3.05, 3.63) is 42.2 Å². The average Bonchev–Trinajstić information content (AvgIpc) is 2.68. The van der Waals surface area contributed by atoms with E-state index in [4.69, 9.17) is 5.90 Å². The normalized spacial score (nSPS) is 11.3. The minimum absolute atomic E-state index is 0.424. The van der Waals surface area contributed by atoms with E-state index in [-0.39, 0.29) is 0 Å². The number of H-pyrrole nitrogens is 1. The zero-order valence-electron chi connectivity index (χ0n) is 8.60. The van der Waals surface area contributed by atoms with Crippen LogP contribution >= 0.6 is 0 Å². The number of aromatic nitrogens is 2. The molecule has 3 rings (SSSR count). The van der Waals surface area contributed by atoms with Gasteiger partial charge in [0.2, 0.25) is 0 Å². The number of hydrogen-bond donors (Lipinski definition) is 2. The number of benzene rings is 1. The minimum Gasteiger partial charge on any atom is -0.353 e. The van der Waals surface area contributed by atoms with Gasteiger partial charge in [0.25, 0.3) is 0 Å². The van der Waals surface area contributed by atoms with Gasteiger partial charge in [-0.1, -0.05) is 6.07 Å². The van der Waals surface area contributed by atoms with Crippen LogP contribution in [-0.4, -0.2) is 9.97 Å². The van der Waals surface area contributed by atoms with Crippen LogP contribution in [0.5, 0.6) is 0 Å². The van der Waals surface area contributed by atoms with Crippen LogP contribution in [0, 0.1) is 0 Å². The van der Waals surface area contributed by atoms with E-state index >= 15 is 0 Å². The van der Waals surface area contributed by atoms with Crippen molar-refractivity contribution in [1.82, 2.24) is 9.97 Å². The van der Waals surface area contributed by atoms with Crippen molar-refractivity contribution in [2.24, 2.45) is 5.90 Å². The monoisotopic (exact) mass is 213 g/mol. The Morgan fingerprint density at radius 1 is 1.19 bits per heavy atom. The van der Waals surface area contributed by atoms with E-state index < -0.39 is 0 Å². The van der Waals surface area contributed by atoms with Crippen LogP contribution in [-0.2, 0) is 11.4 Å². The van der Waals surface area contributed by atoms with E-state index in [1.165, 1.54) is 10.8 Å². The fraction of sp³-hybridized carbons (Fsp3) is 0.0833. The Hall–Kier alpha value is -1.91. The molecule has 2 heterocycles. The summed E-state index contributed by atoms with van der Waals surface area (Å²) in [6.45, 7) is 0.424. The van der Waals surface area contributed by atoms with Crippen molar-refractivity contribution in [3.8, 4) is 0 Å². The topological polar surface area (TPSA) is 63.9 Å². The number of fused-ring (bicyclic) bond motifs is 3. The van der Waals surface area contributed by atoms with E-state index in [0.717, 1.165) is 16.6 Å². The largest absolute Gasteiger partial charge is 0.353 e. The molecule has 0 saturated carbocycles. The minimum atomic E-state index is 0.424. The molecule has 0 aliphatic heterocycles. The lowest BCUT2D eigenvalue weighted by Gasteiger charge is -1.98. The SMILES string of the molecule is NOCc1ccc2[nH]c3cnccc3c2c1. The molecule has 4 heteroatoms. The van der Waals surface area contributed by atoms with Crippen LogP contribution in [0.1, 0.15) is 5.56 Å². The Balaban J connectivity index is 2.31. The molecule has 0 radical (unpaired) electrons. The predicted molar refractivity (Wildman–Crippen MR) is 62.6 cm³/mol. The van der Waals surface area contributed by atoms with Crippen molar-refractivity contribution < 1.29 is 4.84 Å². The molecular weight excluding hydrogens is 202 g/mol. The van der Waals surface area contributed by atoms with Crippen LogP contribution in [0.15, 0.2) is 36.7 Å². The number of aromatic amines is 1. The van der Waals surface area contributed by atoms with Crippen molar-refractivity contribution in [3.63, 3.8) is 0 Å². The van der Waals surface area contributed by atoms with E-state index in [9.17, 15) is 0 Å². The molecule has 0 aliphatic rings. The first-order valence-electron chi connectivity index (χ1n) is 5.04. The summed E-state index contributed by atoms with van der Waals surface area (Å²) in [5, 5.41) is 2.34. The third-order valence-electron chi connectivity index (χ3n) is 2.71. The Morgan fingerprint density at radius 3 is 3.00 bits per heavy atom. The summed E-state index contributed by atoms with van der Waals surface area (Å²) in [7, 11) is 0. The number of nitrogens with one attached hydrogen (secondary N) is 1. The first-order chi connectivity index (χ1) is 7.88. The van der Waals surface area contributed by atoms with Crippen molar-refractivity contribution in [1.29, 1.82) is 0 Å². The predicted octanol–water partition coefficient (Wildman–Crippen LogP) is 2.11. The highest BCUT2D eigenvalue weighted by molar-refractivity contribution is 6.06. The van der Waals surface area contributed by atoms with E-state index in [1.807, 2.05) is 24.4 Å². The van der Waals surface area contributed by atoms with Gasteiger partial charge in [0.05, 0.1) is 18.3 Å². The first-order valence-corrected chi connectivity index (χ1v) is 5.04. The second-order valence-corrected chi connectivity index (χ2v) is 3.74. The second kappa shape index (κ2) is 3.59. The fourth-order valence-electron chi connectivity index (χ4n) is 1.98. The van der Waals surface area contributed by atoms with Gasteiger partial charge < -0.3 is 4.98 Å². The highest BCUT2D eigenvalue weighted by Crippen LogP contribution is 2.25. The van der Waals surface area contributed by atoms with E-state index in [0.29, 0.717) is 6.61 Å². The molecule has 2 aromatic heterocycles. The van der Waals surface area contributed by atoms with Crippen LogP contribution in [0.3, 0.4) is 0 Å². The Labute approximate surface area is 92.0 Å². The smallest absolute Gasteiger partial charge is 0.0930 e. The third kappa shape index (κ3) is 1.36. The zero-order chi connectivity index (χ0) is 11.0. The van der Waals surface area contributed by atoms with Crippen LogP contribution in [0.2, 0.25) is 0 Å². The molecule has 3 aromatic rings. The number of rotatable bonds is 2. The number of pyridine rings is 1. The van der Waals surface area contributed by atoms with Crippen molar-refractivity contribution in [2.75, 3.05) is 0 Å². The summed E-state index contributed by atoms with van der Waals surface area (Å²) < 4.78 is 0. The number of nitrogens with two attached hydrogens (primary N) is 1. The van der Waals surface area contributed by atoms with Gasteiger partial charge in [0.1, 0.15) is 0 Å². The van der Waals surface area contributed by atoms with Crippen LogP contribution in [0.4, 0.5) is 0 Å². The fourth-order valence-corrected chi connectivity index (χ4v) is 1.98. The van der Waals surface area contributed by atoms with E-state index in [1.54, 1.807) is 6.20 Å². The summed E-state index contributed by atoms with van der Waals surface area (Å²) in [5.74, 6) is 5.07. The molecule has 0 spiro atoms. The Kier molecular flexibility index (Phi) is 2.09. The summed E-state index contributed by atoms with van der Waals surface area (Å²) in [6.07, 6.45) is 3.62. The quantitative estimate of drug-likeness (QED) is 0.641. The average molecular weight is 213 g/mol. The second-order valence-electron chi connectivity index (χ2n) is 3.74. The van der Waals surface area contributed by atoms with Crippen LogP contribution < -0.4 is 5.90 Å². The lowest BCUT2D eigenvalue weighted by atomic mass is 10.1. The maximum atomic E-state index is 5.07. The summed E-state index contributed by atoms with van der Waals surface area (Å²) in [5.41, 5.74) is 3.21. The molecule has 0 aliphatic carbocycles. The van der Waals surface area contributed by atoms with Gasteiger partial charge in [-0.25, -0.2) is 5.90 Å². The molecule has 0 bridgehead atoms. The number of nitrogens with zero attached hydrogens (tertiary/aromatic N) is 1. The lowest BCUT2D eigenvalue weighted by molar-refractivity contribution is 0.124. The van der Waals surface area contributed by atoms with Gasteiger partial charge in [-0.05, 0) is 23.8 Å². The highest BCUT2D eigenvalue weighted by atomic mass is 16.6. The van der Waals surface area contributed by atoms with Gasteiger partial charge in [-0.2, -0.15) is 0 Å². The molecule has 80 valence electrons. The molecule has 4 nitrogen and oxygen atoms in total. The van der Waals surface area contributed by atoms with Crippen molar-refractivity contribution in [2.45, 2.75) is 6.61 Å². The summed E-state index contributed by atoms with van der Waals surface area (Å²) in [6, 6.07) is 8.12. The van der Waals surface area contributed by atoms with Gasteiger partial charge in [-0.15, -0.1) is 0 Å². The standard InChI is InChI=1S/C12H11N3O/c13-16-7-8-1-2-11-10(5-8)9-3-4-14-6-12(9)15-11/h1-6,15H,7,13H2. The lowest BCUT2D eigenvalue weighted by Crippen LogP contribution is -1.98. The molecule has 0 saturated heterocycles. The van der Waals surface area contributed by atoms with Crippen LogP contribution in [0.25, 0.3) is 21.8 Å². The van der Waals surface area contributed by atoms with E-state index in [2.05, 4.69) is 20.9 Å². The van der Waals surface area contributed by atoms with Gasteiger partial charge in [0, 0.05) is 22.5 Å². The zero-order valence-corrected chi connectivity index (χ0v) is 8.60. The van der Waals surface area contributed by atoms with Crippen molar-refractivity contribution >= 4 is 21.8 Å².